The molecule has 0 bridgehead atoms. The van der Waals surface area contributed by atoms with E-state index in [0.29, 0.717) is 6.61 Å². The van der Waals surface area contributed by atoms with Gasteiger partial charge in [-0.15, -0.1) is 0 Å². The molecule has 2 aromatic carbocycles. The van der Waals surface area contributed by atoms with Crippen molar-refractivity contribution < 1.29 is 9.53 Å². The molecule has 0 saturated heterocycles. The van der Waals surface area contributed by atoms with Crippen LogP contribution in [0.25, 0.3) is 11.1 Å². The number of ether oxygens (including phenoxy) is 1. The number of benzene rings is 2. The number of amides is 1. The van der Waals surface area contributed by atoms with Crippen molar-refractivity contribution in [1.82, 2.24) is 4.90 Å². The highest BCUT2D eigenvalue weighted by Crippen LogP contribution is 2.46. The van der Waals surface area contributed by atoms with Crippen LogP contribution in [0.2, 0.25) is 0 Å². The van der Waals surface area contributed by atoms with E-state index in [2.05, 4.69) is 50.2 Å². The van der Waals surface area contributed by atoms with Crippen LogP contribution in [0.4, 0.5) is 4.79 Å². The molecule has 3 heteroatoms. The summed E-state index contributed by atoms with van der Waals surface area (Å²) in [5.74, 6) is 0. The highest BCUT2D eigenvalue weighted by atomic mass is 16.6. The van der Waals surface area contributed by atoms with Crippen molar-refractivity contribution in [3.05, 3.63) is 58.7 Å². The summed E-state index contributed by atoms with van der Waals surface area (Å²) in [5, 5.41) is 0. The van der Waals surface area contributed by atoms with E-state index in [1.807, 2.05) is 11.8 Å². The Kier molecular flexibility index (Phi) is 5.18. The largest absolute Gasteiger partial charge is 0.449 e. The van der Waals surface area contributed by atoms with Gasteiger partial charge in [0.25, 0.3) is 0 Å². The maximum Gasteiger partial charge on any atom is 0.409 e. The number of rotatable bonds is 3. The Labute approximate surface area is 168 Å². The van der Waals surface area contributed by atoms with Crippen LogP contribution in [0.1, 0.15) is 55.9 Å². The summed E-state index contributed by atoms with van der Waals surface area (Å²) in [6.07, 6.45) is 4.87. The minimum absolute atomic E-state index is 0.158. The van der Waals surface area contributed by atoms with Gasteiger partial charge in [0.05, 0.1) is 6.61 Å². The monoisotopic (exact) mass is 377 g/mol. The van der Waals surface area contributed by atoms with Crippen molar-refractivity contribution in [1.29, 1.82) is 0 Å². The second-order valence-electron chi connectivity index (χ2n) is 8.77. The fourth-order valence-electron chi connectivity index (χ4n) is 4.93. The van der Waals surface area contributed by atoms with Crippen LogP contribution in [0.15, 0.2) is 36.4 Å². The van der Waals surface area contributed by atoms with Crippen LogP contribution >= 0.6 is 0 Å². The Morgan fingerprint density at radius 2 is 1.82 bits per heavy atom. The lowest BCUT2D eigenvalue weighted by atomic mass is 9.79. The molecule has 0 N–H and O–H groups in total. The van der Waals surface area contributed by atoms with Gasteiger partial charge in [-0.3, -0.25) is 0 Å². The Balaban J connectivity index is 1.74. The zero-order valence-corrected chi connectivity index (χ0v) is 17.4. The minimum Gasteiger partial charge on any atom is -0.449 e. The second-order valence-corrected chi connectivity index (χ2v) is 8.77. The first-order valence-corrected chi connectivity index (χ1v) is 10.7. The zero-order valence-electron chi connectivity index (χ0n) is 17.4. The smallest absolute Gasteiger partial charge is 0.409 e. The van der Waals surface area contributed by atoms with E-state index in [9.17, 15) is 4.79 Å². The predicted octanol–water partition coefficient (Wildman–Crippen LogP) is 5.52. The molecule has 148 valence electrons. The van der Waals surface area contributed by atoms with E-state index in [1.54, 1.807) is 5.56 Å². The van der Waals surface area contributed by atoms with Gasteiger partial charge in [-0.2, -0.15) is 0 Å². The maximum atomic E-state index is 12.4. The number of fused-ring (bicyclic) bond motifs is 3. The van der Waals surface area contributed by atoms with Crippen molar-refractivity contribution in [2.24, 2.45) is 0 Å². The number of hydrogen-bond donors (Lipinski definition) is 0. The maximum absolute atomic E-state index is 12.4. The summed E-state index contributed by atoms with van der Waals surface area (Å²) in [5.41, 5.74) is 8.87. The van der Waals surface area contributed by atoms with Gasteiger partial charge in [0.1, 0.15) is 0 Å². The van der Waals surface area contributed by atoms with Crippen LogP contribution in [0.3, 0.4) is 0 Å². The Bertz CT molecular complexity index is 870. The summed E-state index contributed by atoms with van der Waals surface area (Å²) in [6, 6.07) is 13.2. The number of hydrogen-bond acceptors (Lipinski definition) is 2. The minimum atomic E-state index is -0.158. The van der Waals surface area contributed by atoms with E-state index in [0.717, 1.165) is 38.8 Å². The van der Waals surface area contributed by atoms with Crippen LogP contribution in [0, 0.1) is 0 Å². The molecule has 0 saturated carbocycles. The van der Waals surface area contributed by atoms with E-state index < -0.39 is 0 Å². The molecule has 2 aliphatic rings. The molecule has 28 heavy (non-hydrogen) atoms. The second kappa shape index (κ2) is 7.62. The van der Waals surface area contributed by atoms with Crippen molar-refractivity contribution in [2.45, 2.75) is 58.3 Å². The Morgan fingerprint density at radius 1 is 1.07 bits per heavy atom. The topological polar surface area (TPSA) is 29.5 Å². The first-order chi connectivity index (χ1) is 13.5. The van der Waals surface area contributed by atoms with Crippen LogP contribution in [-0.2, 0) is 29.4 Å². The molecule has 4 rings (SSSR count). The highest BCUT2D eigenvalue weighted by molar-refractivity contribution is 5.74. The molecule has 3 nitrogen and oxygen atoms in total. The van der Waals surface area contributed by atoms with Gasteiger partial charge < -0.3 is 9.64 Å². The highest BCUT2D eigenvalue weighted by Gasteiger charge is 2.36. The van der Waals surface area contributed by atoms with Crippen molar-refractivity contribution in [3.63, 3.8) is 0 Å². The predicted molar refractivity (Wildman–Crippen MR) is 114 cm³/mol. The third kappa shape index (κ3) is 3.43. The molecular weight excluding hydrogens is 346 g/mol. The van der Waals surface area contributed by atoms with Crippen molar-refractivity contribution >= 4 is 6.09 Å². The van der Waals surface area contributed by atoms with Gasteiger partial charge in [0.2, 0.25) is 0 Å². The number of carbonyl (C=O) groups excluding carboxylic acids is 1. The summed E-state index contributed by atoms with van der Waals surface area (Å²) in [6.45, 7) is 8.79. The summed E-state index contributed by atoms with van der Waals surface area (Å²) in [7, 11) is 0. The van der Waals surface area contributed by atoms with E-state index in [1.165, 1.54) is 34.2 Å². The lowest BCUT2D eigenvalue weighted by molar-refractivity contribution is 0.104. The molecule has 2 aromatic rings. The van der Waals surface area contributed by atoms with Crippen molar-refractivity contribution in [2.75, 3.05) is 19.7 Å². The fraction of sp³-hybridized carbons (Fsp3) is 0.480. The quantitative estimate of drug-likeness (QED) is 0.704. The van der Waals surface area contributed by atoms with E-state index >= 15 is 0 Å². The van der Waals surface area contributed by atoms with Crippen LogP contribution in [-0.4, -0.2) is 30.7 Å². The third-order valence-corrected chi connectivity index (χ3v) is 6.37. The molecule has 1 amide bonds. The summed E-state index contributed by atoms with van der Waals surface area (Å²) < 4.78 is 5.40. The first-order valence-electron chi connectivity index (χ1n) is 10.7. The van der Waals surface area contributed by atoms with Gasteiger partial charge in [0.15, 0.2) is 0 Å². The lowest BCUT2D eigenvalue weighted by Gasteiger charge is -2.25. The lowest BCUT2D eigenvalue weighted by Crippen LogP contribution is -2.34. The van der Waals surface area contributed by atoms with Gasteiger partial charge in [-0.1, -0.05) is 57.2 Å². The average molecular weight is 378 g/mol. The van der Waals surface area contributed by atoms with Gasteiger partial charge in [-0.05, 0) is 70.9 Å². The molecule has 0 spiro atoms. The van der Waals surface area contributed by atoms with Crippen molar-refractivity contribution in [3.8, 4) is 11.1 Å². The Morgan fingerprint density at radius 3 is 2.57 bits per heavy atom. The van der Waals surface area contributed by atoms with Gasteiger partial charge >= 0.3 is 6.09 Å². The molecular formula is C25H31NO2. The molecule has 0 fully saturated rings. The summed E-state index contributed by atoms with van der Waals surface area (Å²) in [4.78, 5) is 14.3. The first kappa shape index (κ1) is 19.0. The third-order valence-electron chi connectivity index (χ3n) is 6.37. The van der Waals surface area contributed by atoms with Gasteiger partial charge in [-0.25, -0.2) is 4.79 Å². The molecule has 0 aromatic heterocycles. The van der Waals surface area contributed by atoms with E-state index in [4.69, 9.17) is 4.74 Å². The molecule has 1 aliphatic carbocycles. The SMILES string of the molecule is CCCOC(=O)N1CCc2cc(-c3ccccc3)c3c(c2CC1)C(C)(C)CC3. The molecule has 1 aliphatic heterocycles. The molecule has 0 unspecified atom stereocenters. The molecule has 0 atom stereocenters. The summed E-state index contributed by atoms with van der Waals surface area (Å²) >= 11 is 0. The van der Waals surface area contributed by atoms with Crippen LogP contribution in [0.5, 0.6) is 0 Å². The molecule has 1 heterocycles. The average Bonchev–Trinajstić information content (AvgIpc) is 2.89. The number of nitrogens with zero attached hydrogens (tertiary/aromatic N) is 1. The Hall–Kier alpha value is -2.29. The van der Waals surface area contributed by atoms with Crippen LogP contribution < -0.4 is 0 Å². The fourth-order valence-corrected chi connectivity index (χ4v) is 4.93. The zero-order chi connectivity index (χ0) is 19.7. The van der Waals surface area contributed by atoms with E-state index in [-0.39, 0.29) is 11.5 Å². The standard InChI is InChI=1S/C25H31NO2/c1-4-16-28-24(27)26-14-11-19-17-22(18-8-6-5-7-9-18)21-10-13-25(2,3)23(21)20(19)12-15-26/h5-9,17H,4,10-16H2,1-3H3. The molecule has 0 radical (unpaired) electrons. The van der Waals surface area contributed by atoms with Gasteiger partial charge in [0, 0.05) is 13.1 Å². The normalized spacial score (nSPS) is 17.6. The number of carbonyl (C=O) groups is 1.